The molecule has 0 amide bonds. The van der Waals surface area contributed by atoms with Crippen molar-refractivity contribution in [2.24, 2.45) is 0 Å². The highest BCUT2D eigenvalue weighted by molar-refractivity contribution is 7.89. The van der Waals surface area contributed by atoms with Crippen LogP contribution in [0, 0.1) is 6.92 Å². The Bertz CT molecular complexity index is 811. The molecular formula is C16H19N3O3S. The highest BCUT2D eigenvalue weighted by atomic mass is 32.2. The Balaban J connectivity index is 2.11. The minimum absolute atomic E-state index is 0.209. The van der Waals surface area contributed by atoms with E-state index in [2.05, 4.69) is 10.2 Å². The van der Waals surface area contributed by atoms with Gasteiger partial charge in [0.05, 0.1) is 11.1 Å². The van der Waals surface area contributed by atoms with Crippen LogP contribution in [0.2, 0.25) is 0 Å². The number of carbonyl (C=O) groups excluding carboxylic acids is 1. The van der Waals surface area contributed by atoms with E-state index in [0.717, 1.165) is 11.3 Å². The lowest BCUT2D eigenvalue weighted by Gasteiger charge is -2.37. The summed E-state index contributed by atoms with van der Waals surface area (Å²) in [4.78, 5) is 11.9. The minimum atomic E-state index is -3.76. The number of aldehydes is 1. The van der Waals surface area contributed by atoms with E-state index < -0.39 is 16.1 Å². The third-order valence-corrected chi connectivity index (χ3v) is 6.29. The van der Waals surface area contributed by atoms with Crippen LogP contribution < -0.4 is 0 Å². The number of hydrogen-bond donors (Lipinski definition) is 1. The van der Waals surface area contributed by atoms with Crippen LogP contribution in [-0.4, -0.2) is 35.2 Å². The highest BCUT2D eigenvalue weighted by Gasteiger charge is 2.42. The maximum atomic E-state index is 13.1. The SMILES string of the molecule is CCC1Cc2[nH]ncc2C(C=O)N1S(=O)(=O)c1ccc(C)cc1. The number of nitrogens with one attached hydrogen (secondary N) is 1. The van der Waals surface area contributed by atoms with Gasteiger partial charge in [0, 0.05) is 23.7 Å². The van der Waals surface area contributed by atoms with Gasteiger partial charge in [-0.05, 0) is 25.5 Å². The van der Waals surface area contributed by atoms with Crippen LogP contribution in [0.25, 0.3) is 0 Å². The standard InChI is InChI=1S/C16H19N3O3S/c1-3-12-8-15-14(9-17-18-15)16(10-20)19(12)23(21,22)13-6-4-11(2)5-7-13/h4-7,9-10,12,16H,3,8H2,1-2H3,(H,17,18). The summed E-state index contributed by atoms with van der Waals surface area (Å²) in [6.07, 6.45) is 3.37. The van der Waals surface area contributed by atoms with E-state index in [1.807, 2.05) is 13.8 Å². The van der Waals surface area contributed by atoms with Crippen molar-refractivity contribution < 1.29 is 13.2 Å². The van der Waals surface area contributed by atoms with Crippen LogP contribution in [0.15, 0.2) is 35.4 Å². The molecule has 2 heterocycles. The van der Waals surface area contributed by atoms with Gasteiger partial charge in [-0.2, -0.15) is 9.40 Å². The third-order valence-electron chi connectivity index (χ3n) is 4.34. The second kappa shape index (κ2) is 5.90. The van der Waals surface area contributed by atoms with Gasteiger partial charge in [0.15, 0.2) is 0 Å². The zero-order valence-corrected chi connectivity index (χ0v) is 13.9. The summed E-state index contributed by atoms with van der Waals surface area (Å²) in [5, 5.41) is 6.84. The van der Waals surface area contributed by atoms with Gasteiger partial charge in [-0.1, -0.05) is 24.6 Å². The van der Waals surface area contributed by atoms with Crippen molar-refractivity contribution in [1.29, 1.82) is 0 Å². The molecule has 0 fully saturated rings. The van der Waals surface area contributed by atoms with Crippen molar-refractivity contribution in [3.8, 4) is 0 Å². The predicted molar refractivity (Wildman–Crippen MR) is 85.4 cm³/mol. The van der Waals surface area contributed by atoms with Crippen molar-refractivity contribution in [2.45, 2.75) is 43.7 Å². The van der Waals surface area contributed by atoms with Crippen molar-refractivity contribution in [3.63, 3.8) is 0 Å². The fourth-order valence-electron chi connectivity index (χ4n) is 3.07. The summed E-state index contributed by atoms with van der Waals surface area (Å²) in [7, 11) is -3.76. The van der Waals surface area contributed by atoms with E-state index in [0.29, 0.717) is 24.7 Å². The molecule has 1 aliphatic rings. The molecular weight excluding hydrogens is 314 g/mol. The lowest BCUT2D eigenvalue weighted by molar-refractivity contribution is -0.112. The van der Waals surface area contributed by atoms with Crippen LogP contribution in [0.4, 0.5) is 0 Å². The molecule has 0 saturated heterocycles. The highest BCUT2D eigenvalue weighted by Crippen LogP contribution is 2.36. The number of sulfonamides is 1. The zero-order valence-electron chi connectivity index (χ0n) is 13.1. The Hall–Kier alpha value is -1.99. The van der Waals surface area contributed by atoms with Gasteiger partial charge in [-0.15, -0.1) is 0 Å². The maximum Gasteiger partial charge on any atom is 0.244 e. The number of carbonyl (C=O) groups is 1. The largest absolute Gasteiger partial charge is 0.301 e. The maximum absolute atomic E-state index is 13.1. The normalized spacial score (nSPS) is 21.8. The molecule has 23 heavy (non-hydrogen) atoms. The Labute approximate surface area is 135 Å². The molecule has 2 aromatic rings. The monoisotopic (exact) mass is 333 g/mol. The fourth-order valence-corrected chi connectivity index (χ4v) is 4.87. The number of rotatable bonds is 4. The summed E-state index contributed by atoms with van der Waals surface area (Å²) in [6, 6.07) is 5.58. The van der Waals surface area contributed by atoms with Gasteiger partial charge in [0.25, 0.3) is 0 Å². The molecule has 2 atom stereocenters. The quantitative estimate of drug-likeness (QED) is 0.867. The first kappa shape index (κ1) is 15.9. The second-order valence-electron chi connectivity index (χ2n) is 5.80. The zero-order chi connectivity index (χ0) is 16.6. The first-order valence-corrected chi connectivity index (χ1v) is 9.00. The fraction of sp³-hybridized carbons (Fsp3) is 0.375. The number of H-pyrrole nitrogens is 1. The van der Waals surface area contributed by atoms with Crippen LogP contribution in [0.3, 0.4) is 0 Å². The topological polar surface area (TPSA) is 83.1 Å². The van der Waals surface area contributed by atoms with Gasteiger partial charge in [-0.3, -0.25) is 5.10 Å². The molecule has 0 spiro atoms. The van der Waals surface area contributed by atoms with Crippen molar-refractivity contribution in [3.05, 3.63) is 47.3 Å². The van der Waals surface area contributed by atoms with Gasteiger partial charge in [0.1, 0.15) is 12.3 Å². The average molecular weight is 333 g/mol. The Morgan fingerprint density at radius 3 is 2.65 bits per heavy atom. The molecule has 0 aliphatic carbocycles. The van der Waals surface area contributed by atoms with E-state index in [-0.39, 0.29) is 10.9 Å². The summed E-state index contributed by atoms with van der Waals surface area (Å²) < 4.78 is 27.5. The summed E-state index contributed by atoms with van der Waals surface area (Å²) >= 11 is 0. The first-order chi connectivity index (χ1) is 11.0. The lowest BCUT2D eigenvalue weighted by Crippen LogP contribution is -2.47. The van der Waals surface area contributed by atoms with Gasteiger partial charge in [0.2, 0.25) is 10.0 Å². The molecule has 3 rings (SSSR count). The van der Waals surface area contributed by atoms with E-state index in [9.17, 15) is 13.2 Å². The minimum Gasteiger partial charge on any atom is -0.301 e. The van der Waals surface area contributed by atoms with Gasteiger partial charge < -0.3 is 4.79 Å². The predicted octanol–water partition coefficient (Wildman–Crippen LogP) is 1.98. The number of aryl methyl sites for hydroxylation is 1. The smallest absolute Gasteiger partial charge is 0.244 e. The van der Waals surface area contributed by atoms with E-state index in [4.69, 9.17) is 0 Å². The molecule has 0 saturated carbocycles. The second-order valence-corrected chi connectivity index (χ2v) is 7.64. The Morgan fingerprint density at radius 2 is 2.04 bits per heavy atom. The lowest BCUT2D eigenvalue weighted by atomic mass is 9.96. The van der Waals surface area contributed by atoms with Crippen LogP contribution in [0.1, 0.15) is 36.2 Å². The molecule has 1 N–H and O–H groups in total. The van der Waals surface area contributed by atoms with Crippen molar-refractivity contribution >= 4 is 16.3 Å². The number of nitrogens with zero attached hydrogens (tertiary/aromatic N) is 2. The number of aromatic amines is 1. The van der Waals surface area contributed by atoms with Crippen molar-refractivity contribution in [2.75, 3.05) is 0 Å². The number of hydrogen-bond acceptors (Lipinski definition) is 4. The van der Waals surface area contributed by atoms with Gasteiger partial charge in [-0.25, -0.2) is 8.42 Å². The molecule has 2 unspecified atom stereocenters. The average Bonchev–Trinajstić information content (AvgIpc) is 3.01. The Kier molecular flexibility index (Phi) is 4.08. The third kappa shape index (κ3) is 2.60. The molecule has 122 valence electrons. The summed E-state index contributed by atoms with van der Waals surface area (Å²) in [5.74, 6) is 0. The molecule has 0 bridgehead atoms. The molecule has 1 aromatic carbocycles. The number of benzene rings is 1. The molecule has 1 aliphatic heterocycles. The number of aromatic nitrogens is 2. The van der Waals surface area contributed by atoms with Crippen LogP contribution in [-0.2, 0) is 21.2 Å². The molecule has 6 nitrogen and oxygen atoms in total. The van der Waals surface area contributed by atoms with Crippen LogP contribution >= 0.6 is 0 Å². The van der Waals surface area contributed by atoms with E-state index in [1.54, 1.807) is 24.3 Å². The molecule has 1 aromatic heterocycles. The molecule has 7 heteroatoms. The first-order valence-electron chi connectivity index (χ1n) is 7.56. The van der Waals surface area contributed by atoms with E-state index >= 15 is 0 Å². The Morgan fingerprint density at radius 1 is 1.35 bits per heavy atom. The number of fused-ring (bicyclic) bond motifs is 1. The summed E-state index contributed by atoms with van der Waals surface area (Å²) in [6.45, 7) is 3.82. The van der Waals surface area contributed by atoms with Crippen LogP contribution in [0.5, 0.6) is 0 Å². The van der Waals surface area contributed by atoms with E-state index in [1.165, 1.54) is 10.5 Å². The van der Waals surface area contributed by atoms with Crippen molar-refractivity contribution in [1.82, 2.24) is 14.5 Å². The molecule has 0 radical (unpaired) electrons. The summed E-state index contributed by atoms with van der Waals surface area (Å²) in [5.41, 5.74) is 2.46. The van der Waals surface area contributed by atoms with Gasteiger partial charge >= 0.3 is 0 Å².